The minimum atomic E-state index is -0.0370. The van der Waals surface area contributed by atoms with Gasteiger partial charge in [-0.2, -0.15) is 0 Å². The Morgan fingerprint density at radius 2 is 2.00 bits per heavy atom. The number of nitrogen functional groups attached to an aromatic ring is 1. The van der Waals surface area contributed by atoms with Crippen LogP contribution in [0.4, 0.5) is 11.4 Å². The number of hydrogen-bond acceptors (Lipinski definition) is 4. The second kappa shape index (κ2) is 8.53. The summed E-state index contributed by atoms with van der Waals surface area (Å²) in [7, 11) is 0. The van der Waals surface area contributed by atoms with Gasteiger partial charge < -0.3 is 20.5 Å². The topological polar surface area (TPSA) is 73.6 Å². The van der Waals surface area contributed by atoms with Gasteiger partial charge in [0.1, 0.15) is 12.4 Å². The first kappa shape index (κ1) is 17.3. The zero-order valence-corrected chi connectivity index (χ0v) is 14.2. The normalized spacial score (nSPS) is 16.6. The molecule has 2 aromatic carbocycles. The summed E-state index contributed by atoms with van der Waals surface area (Å²) in [5, 5.41) is 2.94. The van der Waals surface area contributed by atoms with Crippen LogP contribution in [0.25, 0.3) is 0 Å². The number of nitrogens with one attached hydrogen (secondary N) is 1. The lowest BCUT2D eigenvalue weighted by Gasteiger charge is -2.15. The average Bonchev–Trinajstić information content (AvgIpc) is 3.14. The predicted octanol–water partition coefficient (Wildman–Crippen LogP) is 3.40. The third kappa shape index (κ3) is 5.22. The smallest absolute Gasteiger partial charge is 0.224 e. The van der Waals surface area contributed by atoms with Crippen molar-refractivity contribution in [3.8, 4) is 5.75 Å². The molecule has 0 aromatic heterocycles. The second-order valence-electron chi connectivity index (χ2n) is 6.23. The SMILES string of the molecule is Nc1ccc(CCC(=O)Nc2ccccc2OCC2CCCO2)cc1. The summed E-state index contributed by atoms with van der Waals surface area (Å²) in [6, 6.07) is 15.1. The van der Waals surface area contributed by atoms with Crippen molar-refractivity contribution in [3.05, 3.63) is 54.1 Å². The third-order valence-electron chi connectivity index (χ3n) is 4.23. The highest BCUT2D eigenvalue weighted by molar-refractivity contribution is 5.92. The lowest BCUT2D eigenvalue weighted by Crippen LogP contribution is -2.18. The number of carbonyl (C=O) groups excluding carboxylic acids is 1. The molecule has 0 bridgehead atoms. The van der Waals surface area contributed by atoms with E-state index in [9.17, 15) is 4.79 Å². The van der Waals surface area contributed by atoms with Crippen LogP contribution in [-0.2, 0) is 16.0 Å². The minimum Gasteiger partial charge on any atom is -0.489 e. The summed E-state index contributed by atoms with van der Waals surface area (Å²) < 4.78 is 11.4. The Labute approximate surface area is 148 Å². The number of rotatable bonds is 7. The highest BCUT2D eigenvalue weighted by Gasteiger charge is 2.17. The van der Waals surface area contributed by atoms with Gasteiger partial charge in [-0.25, -0.2) is 0 Å². The van der Waals surface area contributed by atoms with Crippen molar-refractivity contribution in [2.75, 3.05) is 24.3 Å². The molecule has 0 saturated carbocycles. The van der Waals surface area contributed by atoms with E-state index in [-0.39, 0.29) is 12.0 Å². The number of hydrogen-bond donors (Lipinski definition) is 2. The average molecular weight is 340 g/mol. The predicted molar refractivity (Wildman–Crippen MR) is 98.7 cm³/mol. The zero-order valence-electron chi connectivity index (χ0n) is 14.2. The lowest BCUT2D eigenvalue weighted by molar-refractivity contribution is -0.116. The number of benzene rings is 2. The van der Waals surface area contributed by atoms with E-state index in [0.717, 1.165) is 30.7 Å². The van der Waals surface area contributed by atoms with Crippen LogP contribution < -0.4 is 15.8 Å². The van der Waals surface area contributed by atoms with Crippen molar-refractivity contribution in [1.29, 1.82) is 0 Å². The zero-order chi connectivity index (χ0) is 17.5. The van der Waals surface area contributed by atoms with Gasteiger partial charge in [-0.1, -0.05) is 24.3 Å². The molecule has 1 atom stereocenters. The van der Waals surface area contributed by atoms with Crippen LogP contribution in [0.2, 0.25) is 0 Å². The summed E-state index contributed by atoms with van der Waals surface area (Å²) in [5.74, 6) is 0.642. The lowest BCUT2D eigenvalue weighted by atomic mass is 10.1. The molecule has 25 heavy (non-hydrogen) atoms. The Bertz CT molecular complexity index is 694. The van der Waals surface area contributed by atoms with Crippen molar-refractivity contribution >= 4 is 17.3 Å². The second-order valence-corrected chi connectivity index (χ2v) is 6.23. The van der Waals surface area contributed by atoms with Gasteiger partial charge >= 0.3 is 0 Å². The molecule has 1 aliphatic rings. The molecule has 132 valence electrons. The van der Waals surface area contributed by atoms with Crippen LogP contribution in [0, 0.1) is 0 Å². The number of ether oxygens (including phenoxy) is 2. The molecule has 0 radical (unpaired) electrons. The maximum Gasteiger partial charge on any atom is 0.224 e. The summed E-state index contributed by atoms with van der Waals surface area (Å²) in [5.41, 5.74) is 8.19. The standard InChI is InChI=1S/C20H24N2O3/c21-16-10-7-15(8-11-16)9-12-20(23)22-18-5-1-2-6-19(18)25-14-17-4-3-13-24-17/h1-2,5-8,10-11,17H,3-4,9,12-14,21H2,(H,22,23). The molecule has 2 aromatic rings. The molecule has 5 nitrogen and oxygen atoms in total. The van der Waals surface area contributed by atoms with Crippen LogP contribution >= 0.6 is 0 Å². The summed E-state index contributed by atoms with van der Waals surface area (Å²) in [4.78, 5) is 12.2. The number of carbonyl (C=O) groups is 1. The fraction of sp³-hybridized carbons (Fsp3) is 0.350. The highest BCUT2D eigenvalue weighted by atomic mass is 16.5. The van der Waals surface area contributed by atoms with Gasteiger partial charge in [0, 0.05) is 18.7 Å². The first-order chi connectivity index (χ1) is 12.2. The highest BCUT2D eigenvalue weighted by Crippen LogP contribution is 2.25. The molecule has 1 saturated heterocycles. The van der Waals surface area contributed by atoms with Crippen LogP contribution in [0.15, 0.2) is 48.5 Å². The Morgan fingerprint density at radius 3 is 2.76 bits per heavy atom. The van der Waals surface area contributed by atoms with E-state index in [1.165, 1.54) is 0 Å². The number of aryl methyl sites for hydroxylation is 1. The van der Waals surface area contributed by atoms with Gasteiger partial charge in [0.2, 0.25) is 5.91 Å². The molecule has 5 heteroatoms. The van der Waals surface area contributed by atoms with E-state index >= 15 is 0 Å². The van der Waals surface area contributed by atoms with Gasteiger partial charge in [-0.15, -0.1) is 0 Å². The molecule has 1 heterocycles. The minimum absolute atomic E-state index is 0.0370. The number of nitrogens with two attached hydrogens (primary N) is 1. The third-order valence-corrected chi connectivity index (χ3v) is 4.23. The van der Waals surface area contributed by atoms with Crippen molar-refractivity contribution in [2.24, 2.45) is 0 Å². The first-order valence-electron chi connectivity index (χ1n) is 8.68. The molecular weight excluding hydrogens is 316 g/mol. The first-order valence-corrected chi connectivity index (χ1v) is 8.68. The Kier molecular flexibility index (Phi) is 5.90. The van der Waals surface area contributed by atoms with Crippen molar-refractivity contribution in [1.82, 2.24) is 0 Å². The quantitative estimate of drug-likeness (QED) is 0.758. The van der Waals surface area contributed by atoms with Crippen molar-refractivity contribution < 1.29 is 14.3 Å². The number of amides is 1. The van der Waals surface area contributed by atoms with E-state index in [0.29, 0.717) is 30.9 Å². The molecule has 0 aliphatic carbocycles. The monoisotopic (exact) mass is 340 g/mol. The van der Waals surface area contributed by atoms with Crippen LogP contribution in [0.1, 0.15) is 24.8 Å². The number of anilines is 2. The van der Waals surface area contributed by atoms with Crippen molar-refractivity contribution in [3.63, 3.8) is 0 Å². The molecule has 1 fully saturated rings. The summed E-state index contributed by atoms with van der Waals surface area (Å²) >= 11 is 0. The molecule has 3 rings (SSSR count). The Hall–Kier alpha value is -2.53. The van der Waals surface area contributed by atoms with E-state index in [2.05, 4.69) is 5.32 Å². The molecule has 1 aliphatic heterocycles. The summed E-state index contributed by atoms with van der Waals surface area (Å²) in [6.07, 6.45) is 3.33. The van der Waals surface area contributed by atoms with Gasteiger partial charge in [0.05, 0.1) is 11.8 Å². The van der Waals surface area contributed by atoms with Crippen molar-refractivity contribution in [2.45, 2.75) is 31.8 Å². The largest absolute Gasteiger partial charge is 0.489 e. The summed E-state index contributed by atoms with van der Waals surface area (Å²) in [6.45, 7) is 1.32. The van der Waals surface area contributed by atoms with Crippen LogP contribution in [0.3, 0.4) is 0 Å². The number of para-hydroxylation sites is 2. The Morgan fingerprint density at radius 1 is 1.20 bits per heavy atom. The molecule has 0 spiro atoms. The molecule has 1 unspecified atom stereocenters. The van der Waals surface area contributed by atoms with Gasteiger partial charge in [-0.05, 0) is 49.1 Å². The molecular formula is C20H24N2O3. The van der Waals surface area contributed by atoms with E-state index < -0.39 is 0 Å². The maximum atomic E-state index is 12.2. The molecule has 1 amide bonds. The molecule has 3 N–H and O–H groups in total. The fourth-order valence-corrected chi connectivity index (χ4v) is 2.81. The van der Waals surface area contributed by atoms with E-state index in [4.69, 9.17) is 15.2 Å². The van der Waals surface area contributed by atoms with Crippen LogP contribution in [0.5, 0.6) is 5.75 Å². The van der Waals surface area contributed by atoms with Gasteiger partial charge in [0.15, 0.2) is 0 Å². The van der Waals surface area contributed by atoms with E-state index in [1.54, 1.807) is 0 Å². The van der Waals surface area contributed by atoms with Gasteiger partial charge in [0.25, 0.3) is 0 Å². The van der Waals surface area contributed by atoms with E-state index in [1.807, 2.05) is 48.5 Å². The maximum absolute atomic E-state index is 12.2. The fourth-order valence-electron chi connectivity index (χ4n) is 2.81. The van der Waals surface area contributed by atoms with Gasteiger partial charge in [-0.3, -0.25) is 4.79 Å². The Balaban J connectivity index is 1.52. The van der Waals surface area contributed by atoms with Crippen LogP contribution in [-0.4, -0.2) is 25.2 Å².